The number of rotatable bonds is 8. The zero-order chi connectivity index (χ0) is 24.1. The summed E-state index contributed by atoms with van der Waals surface area (Å²) in [6.07, 6.45) is -0.247. The molecule has 7 heteroatoms. The molecule has 0 bridgehead atoms. The van der Waals surface area contributed by atoms with Crippen LogP contribution in [0.2, 0.25) is 0 Å². The molecule has 1 aliphatic rings. The Bertz CT molecular complexity index is 1160. The van der Waals surface area contributed by atoms with E-state index in [2.05, 4.69) is 22.8 Å². The van der Waals surface area contributed by atoms with Gasteiger partial charge in [0.15, 0.2) is 0 Å². The first-order valence-electron chi connectivity index (χ1n) is 11.2. The number of fused-ring (bicyclic) bond motifs is 3. The lowest BCUT2D eigenvalue weighted by Crippen LogP contribution is -2.46. The van der Waals surface area contributed by atoms with E-state index in [0.29, 0.717) is 6.42 Å². The molecule has 4 rings (SSSR count). The molecule has 7 nitrogen and oxygen atoms in total. The van der Waals surface area contributed by atoms with E-state index in [1.165, 1.54) is 12.1 Å². The molecule has 34 heavy (non-hydrogen) atoms. The highest BCUT2D eigenvalue weighted by Crippen LogP contribution is 2.44. The second-order valence-electron chi connectivity index (χ2n) is 8.15. The molecular formula is C27H26N2O5. The average molecular weight is 459 g/mol. The number of carboxylic acid groups (broad SMARTS) is 1. The summed E-state index contributed by atoms with van der Waals surface area (Å²) in [6.45, 7) is 2.20. The number of nitrogens with one attached hydrogen (secondary N) is 2. The van der Waals surface area contributed by atoms with Gasteiger partial charge in [-0.1, -0.05) is 67.6 Å². The molecule has 0 fully saturated rings. The van der Waals surface area contributed by atoms with E-state index < -0.39 is 18.1 Å². The first-order chi connectivity index (χ1) is 16.5. The van der Waals surface area contributed by atoms with Crippen molar-refractivity contribution in [2.75, 3.05) is 6.61 Å². The summed E-state index contributed by atoms with van der Waals surface area (Å²) in [5.74, 6) is -1.40. The Morgan fingerprint density at radius 1 is 0.912 bits per heavy atom. The Morgan fingerprint density at radius 3 is 2.06 bits per heavy atom. The number of hydrogen-bond donors (Lipinski definition) is 3. The molecule has 0 radical (unpaired) electrons. The highest BCUT2D eigenvalue weighted by molar-refractivity contribution is 5.88. The number of alkyl carbamates (subject to hydrolysis) is 1. The Hall–Kier alpha value is -4.13. The van der Waals surface area contributed by atoms with Gasteiger partial charge < -0.3 is 20.5 Å². The number of ether oxygens (including phenoxy) is 1. The molecule has 0 aromatic heterocycles. The quantitative estimate of drug-likeness (QED) is 0.466. The number of benzene rings is 3. The van der Waals surface area contributed by atoms with Crippen molar-refractivity contribution >= 4 is 18.0 Å². The van der Waals surface area contributed by atoms with Crippen molar-refractivity contribution in [2.24, 2.45) is 0 Å². The predicted molar refractivity (Wildman–Crippen MR) is 128 cm³/mol. The number of carboxylic acids is 1. The Labute approximate surface area is 197 Å². The van der Waals surface area contributed by atoms with Gasteiger partial charge in [0.2, 0.25) is 5.91 Å². The van der Waals surface area contributed by atoms with Gasteiger partial charge in [-0.05, 0) is 46.4 Å². The minimum absolute atomic E-state index is 0.0548. The summed E-state index contributed by atoms with van der Waals surface area (Å²) >= 11 is 0. The summed E-state index contributed by atoms with van der Waals surface area (Å²) < 4.78 is 5.53. The van der Waals surface area contributed by atoms with Gasteiger partial charge in [0.25, 0.3) is 0 Å². The minimum atomic E-state index is -1.01. The van der Waals surface area contributed by atoms with Gasteiger partial charge in [-0.15, -0.1) is 0 Å². The van der Waals surface area contributed by atoms with Crippen LogP contribution in [-0.4, -0.2) is 35.7 Å². The normalized spacial score (nSPS) is 12.9. The molecule has 0 unspecified atom stereocenters. The number of carbonyl (C=O) groups excluding carboxylic acids is 2. The van der Waals surface area contributed by atoms with Crippen molar-refractivity contribution in [3.05, 3.63) is 95.1 Å². The fourth-order valence-corrected chi connectivity index (χ4v) is 4.21. The minimum Gasteiger partial charge on any atom is -0.478 e. The van der Waals surface area contributed by atoms with E-state index >= 15 is 0 Å². The molecular weight excluding hydrogens is 432 g/mol. The first-order valence-corrected chi connectivity index (χ1v) is 11.2. The van der Waals surface area contributed by atoms with Crippen LogP contribution in [0, 0.1) is 0 Å². The van der Waals surface area contributed by atoms with Crippen molar-refractivity contribution in [1.82, 2.24) is 10.6 Å². The molecule has 0 saturated heterocycles. The number of aromatic carboxylic acids is 1. The first kappa shape index (κ1) is 23.0. The second-order valence-corrected chi connectivity index (χ2v) is 8.15. The maximum atomic E-state index is 12.6. The van der Waals surface area contributed by atoms with Crippen molar-refractivity contribution < 1.29 is 24.2 Å². The van der Waals surface area contributed by atoms with Gasteiger partial charge in [-0.25, -0.2) is 9.59 Å². The zero-order valence-electron chi connectivity index (χ0n) is 18.8. The topological polar surface area (TPSA) is 105 Å². The SMILES string of the molecule is CC[C@@H](NC(=O)OCC1c2ccccc2-c2ccccc21)C(=O)NCc1ccc(C(=O)O)cc1. The Balaban J connectivity index is 1.32. The number of amides is 2. The van der Waals surface area contributed by atoms with Gasteiger partial charge in [0.05, 0.1) is 5.56 Å². The van der Waals surface area contributed by atoms with Crippen LogP contribution in [0.25, 0.3) is 11.1 Å². The fraction of sp³-hybridized carbons (Fsp3) is 0.222. The highest BCUT2D eigenvalue weighted by Gasteiger charge is 2.29. The molecule has 174 valence electrons. The van der Waals surface area contributed by atoms with E-state index in [1.807, 2.05) is 36.4 Å². The monoisotopic (exact) mass is 458 g/mol. The molecule has 0 heterocycles. The molecule has 0 aliphatic heterocycles. The summed E-state index contributed by atoms with van der Waals surface area (Å²) in [6, 6.07) is 21.7. The summed E-state index contributed by atoms with van der Waals surface area (Å²) in [5, 5.41) is 14.4. The molecule has 0 saturated carbocycles. The van der Waals surface area contributed by atoms with Crippen molar-refractivity contribution in [2.45, 2.75) is 31.8 Å². The van der Waals surface area contributed by atoms with E-state index in [1.54, 1.807) is 19.1 Å². The van der Waals surface area contributed by atoms with Gasteiger partial charge >= 0.3 is 12.1 Å². The Kier molecular flexibility index (Phi) is 6.92. The predicted octanol–water partition coefficient (Wildman–Crippen LogP) is 4.32. The standard InChI is InChI=1S/C27H26N2O5/c1-2-24(25(30)28-15-17-11-13-18(14-12-17)26(31)32)29-27(33)34-16-23-21-9-5-3-7-19(21)20-8-4-6-10-22(20)23/h3-14,23-24H,2,15-16H2,1H3,(H,28,30)(H,29,33)(H,31,32)/t24-/m1/s1. The highest BCUT2D eigenvalue weighted by atomic mass is 16.5. The van der Waals surface area contributed by atoms with Crippen LogP contribution in [0.4, 0.5) is 4.79 Å². The molecule has 1 aliphatic carbocycles. The van der Waals surface area contributed by atoms with Gasteiger partial charge in [0, 0.05) is 12.5 Å². The van der Waals surface area contributed by atoms with Gasteiger partial charge in [0.1, 0.15) is 12.6 Å². The average Bonchev–Trinajstić information content (AvgIpc) is 3.18. The van der Waals surface area contributed by atoms with Crippen molar-refractivity contribution in [3.63, 3.8) is 0 Å². The smallest absolute Gasteiger partial charge is 0.407 e. The van der Waals surface area contributed by atoms with Crippen LogP contribution in [-0.2, 0) is 16.1 Å². The number of hydrogen-bond acceptors (Lipinski definition) is 4. The lowest BCUT2D eigenvalue weighted by Gasteiger charge is -2.19. The van der Waals surface area contributed by atoms with Crippen molar-refractivity contribution in [3.8, 4) is 11.1 Å². The lowest BCUT2D eigenvalue weighted by molar-refractivity contribution is -0.123. The summed E-state index contributed by atoms with van der Waals surface area (Å²) in [5.41, 5.74) is 5.47. The maximum absolute atomic E-state index is 12.6. The van der Waals surface area contributed by atoms with E-state index in [0.717, 1.165) is 27.8 Å². The van der Waals surface area contributed by atoms with Crippen LogP contribution in [0.1, 0.15) is 46.3 Å². The van der Waals surface area contributed by atoms with Gasteiger partial charge in [-0.3, -0.25) is 4.79 Å². The molecule has 3 N–H and O–H groups in total. The van der Waals surface area contributed by atoms with E-state index in [4.69, 9.17) is 9.84 Å². The third-order valence-electron chi connectivity index (χ3n) is 6.03. The van der Waals surface area contributed by atoms with Crippen molar-refractivity contribution in [1.29, 1.82) is 0 Å². The van der Waals surface area contributed by atoms with Crippen LogP contribution >= 0.6 is 0 Å². The fourth-order valence-electron chi connectivity index (χ4n) is 4.21. The molecule has 3 aromatic carbocycles. The van der Waals surface area contributed by atoms with Crippen LogP contribution in [0.5, 0.6) is 0 Å². The third-order valence-corrected chi connectivity index (χ3v) is 6.03. The van der Waals surface area contributed by atoms with Crippen LogP contribution < -0.4 is 10.6 Å². The second kappa shape index (κ2) is 10.2. The molecule has 0 spiro atoms. The summed E-state index contributed by atoms with van der Waals surface area (Å²) in [4.78, 5) is 36.0. The third kappa shape index (κ3) is 4.93. The van der Waals surface area contributed by atoms with Crippen LogP contribution in [0.3, 0.4) is 0 Å². The molecule has 3 aromatic rings. The largest absolute Gasteiger partial charge is 0.478 e. The lowest BCUT2D eigenvalue weighted by atomic mass is 9.98. The zero-order valence-corrected chi connectivity index (χ0v) is 18.8. The van der Waals surface area contributed by atoms with E-state index in [9.17, 15) is 14.4 Å². The Morgan fingerprint density at radius 2 is 1.50 bits per heavy atom. The van der Waals surface area contributed by atoms with E-state index in [-0.39, 0.29) is 30.5 Å². The van der Waals surface area contributed by atoms with Gasteiger partial charge in [-0.2, -0.15) is 0 Å². The molecule has 1 atom stereocenters. The number of carbonyl (C=O) groups is 3. The summed E-state index contributed by atoms with van der Waals surface area (Å²) in [7, 11) is 0. The maximum Gasteiger partial charge on any atom is 0.407 e. The molecule has 2 amide bonds. The van der Waals surface area contributed by atoms with Crippen LogP contribution in [0.15, 0.2) is 72.8 Å².